The molecule has 0 bridgehead atoms. The van der Waals surface area contributed by atoms with Crippen LogP contribution >= 0.6 is 31.9 Å². The minimum absolute atomic E-state index is 0.345. The molecule has 1 rings (SSSR count). The zero-order chi connectivity index (χ0) is 12.9. The third kappa shape index (κ3) is 5.54. The highest BCUT2D eigenvalue weighted by molar-refractivity contribution is 9.11. The van der Waals surface area contributed by atoms with Gasteiger partial charge >= 0.3 is 0 Å². The second-order valence-corrected chi connectivity index (χ2v) is 6.95. The van der Waals surface area contributed by atoms with E-state index in [0.29, 0.717) is 5.41 Å². The molecule has 96 valence electrons. The Labute approximate surface area is 122 Å². The van der Waals surface area contributed by atoms with Crippen LogP contribution in [-0.4, -0.2) is 13.1 Å². The summed E-state index contributed by atoms with van der Waals surface area (Å²) in [5, 5.41) is 3.43. The monoisotopic (exact) mass is 361 g/mol. The molecular formula is C14H21Br2N. The van der Waals surface area contributed by atoms with E-state index in [0.717, 1.165) is 24.0 Å². The molecular weight excluding hydrogens is 342 g/mol. The number of benzene rings is 1. The lowest BCUT2D eigenvalue weighted by atomic mass is 9.86. The molecule has 0 unspecified atom stereocenters. The molecule has 0 saturated heterocycles. The summed E-state index contributed by atoms with van der Waals surface area (Å²) in [5.74, 6) is 0. The zero-order valence-corrected chi connectivity index (χ0v) is 14.0. The van der Waals surface area contributed by atoms with Gasteiger partial charge in [0.05, 0.1) is 0 Å². The second kappa shape index (κ2) is 6.91. The van der Waals surface area contributed by atoms with Crippen LogP contribution in [0.15, 0.2) is 27.1 Å². The van der Waals surface area contributed by atoms with Gasteiger partial charge in [-0.2, -0.15) is 0 Å². The molecule has 0 amide bonds. The average Bonchev–Trinajstić information content (AvgIpc) is 2.28. The molecule has 1 aromatic carbocycles. The molecule has 0 aliphatic rings. The Balaban J connectivity index is 2.57. The van der Waals surface area contributed by atoms with Gasteiger partial charge in [-0.3, -0.25) is 0 Å². The molecule has 17 heavy (non-hydrogen) atoms. The summed E-state index contributed by atoms with van der Waals surface area (Å²) in [4.78, 5) is 0. The van der Waals surface area contributed by atoms with Gasteiger partial charge in [0.2, 0.25) is 0 Å². The van der Waals surface area contributed by atoms with Crippen LogP contribution in [0.3, 0.4) is 0 Å². The molecule has 1 N–H and O–H groups in total. The Morgan fingerprint density at radius 1 is 1.24 bits per heavy atom. The van der Waals surface area contributed by atoms with Gasteiger partial charge < -0.3 is 5.32 Å². The quantitative estimate of drug-likeness (QED) is 0.767. The van der Waals surface area contributed by atoms with E-state index in [4.69, 9.17) is 0 Å². The molecule has 0 spiro atoms. The zero-order valence-electron chi connectivity index (χ0n) is 10.8. The van der Waals surface area contributed by atoms with E-state index in [9.17, 15) is 0 Å². The summed E-state index contributed by atoms with van der Waals surface area (Å²) in [7, 11) is 0. The standard InChI is InChI=1S/C14H21Br2N/c1-4-17-10-14(2,3)8-7-11-9-12(15)5-6-13(11)16/h5-6,9,17H,4,7-8,10H2,1-3H3. The van der Waals surface area contributed by atoms with Gasteiger partial charge in [0.25, 0.3) is 0 Å². The van der Waals surface area contributed by atoms with Gasteiger partial charge in [0.1, 0.15) is 0 Å². The molecule has 1 aromatic rings. The number of rotatable bonds is 6. The van der Waals surface area contributed by atoms with Crippen LogP contribution in [0.4, 0.5) is 0 Å². The average molecular weight is 363 g/mol. The van der Waals surface area contributed by atoms with E-state index in [-0.39, 0.29) is 0 Å². The number of halogens is 2. The fourth-order valence-corrected chi connectivity index (χ4v) is 2.61. The summed E-state index contributed by atoms with van der Waals surface area (Å²) >= 11 is 7.14. The highest BCUT2D eigenvalue weighted by atomic mass is 79.9. The van der Waals surface area contributed by atoms with Crippen molar-refractivity contribution in [3.05, 3.63) is 32.7 Å². The maximum absolute atomic E-state index is 3.61. The lowest BCUT2D eigenvalue weighted by Crippen LogP contribution is -2.29. The van der Waals surface area contributed by atoms with Gasteiger partial charge in [-0.1, -0.05) is 52.6 Å². The van der Waals surface area contributed by atoms with Gasteiger partial charge in [-0.05, 0) is 48.6 Å². The first-order valence-corrected chi connectivity index (χ1v) is 7.68. The van der Waals surface area contributed by atoms with Crippen LogP contribution in [0.5, 0.6) is 0 Å². The first-order chi connectivity index (χ1) is 7.94. The van der Waals surface area contributed by atoms with E-state index >= 15 is 0 Å². The summed E-state index contributed by atoms with van der Waals surface area (Å²) < 4.78 is 2.36. The molecule has 0 atom stereocenters. The van der Waals surface area contributed by atoms with Crippen molar-refractivity contribution in [2.45, 2.75) is 33.6 Å². The Bertz CT molecular complexity index is 361. The van der Waals surface area contributed by atoms with E-state index in [1.165, 1.54) is 16.5 Å². The van der Waals surface area contributed by atoms with Crippen molar-refractivity contribution in [3.63, 3.8) is 0 Å². The lowest BCUT2D eigenvalue weighted by molar-refractivity contribution is 0.317. The third-order valence-electron chi connectivity index (χ3n) is 2.93. The predicted molar refractivity (Wildman–Crippen MR) is 82.5 cm³/mol. The fraction of sp³-hybridized carbons (Fsp3) is 0.571. The van der Waals surface area contributed by atoms with Crippen LogP contribution in [0.2, 0.25) is 0 Å². The second-order valence-electron chi connectivity index (χ2n) is 5.18. The van der Waals surface area contributed by atoms with E-state index < -0.39 is 0 Å². The largest absolute Gasteiger partial charge is 0.316 e. The van der Waals surface area contributed by atoms with E-state index in [2.05, 4.69) is 76.1 Å². The summed E-state index contributed by atoms with van der Waals surface area (Å²) in [6, 6.07) is 6.38. The van der Waals surface area contributed by atoms with Crippen LogP contribution in [0.25, 0.3) is 0 Å². The highest BCUT2D eigenvalue weighted by Crippen LogP contribution is 2.27. The number of hydrogen-bond donors (Lipinski definition) is 1. The molecule has 0 aliphatic heterocycles. The van der Waals surface area contributed by atoms with Crippen molar-refractivity contribution in [1.82, 2.24) is 5.32 Å². The smallest absolute Gasteiger partial charge is 0.0208 e. The fourth-order valence-electron chi connectivity index (χ4n) is 1.76. The van der Waals surface area contributed by atoms with Crippen molar-refractivity contribution < 1.29 is 0 Å². The van der Waals surface area contributed by atoms with Crippen LogP contribution in [0, 0.1) is 5.41 Å². The molecule has 0 fully saturated rings. The summed E-state index contributed by atoms with van der Waals surface area (Å²) in [6.07, 6.45) is 2.30. The van der Waals surface area contributed by atoms with Crippen molar-refractivity contribution in [1.29, 1.82) is 0 Å². The minimum Gasteiger partial charge on any atom is -0.316 e. The van der Waals surface area contributed by atoms with Gasteiger partial charge in [0, 0.05) is 15.5 Å². The van der Waals surface area contributed by atoms with Gasteiger partial charge in [-0.15, -0.1) is 0 Å². The normalized spacial score (nSPS) is 11.8. The topological polar surface area (TPSA) is 12.0 Å². The Hall–Kier alpha value is 0.140. The highest BCUT2D eigenvalue weighted by Gasteiger charge is 2.17. The first-order valence-electron chi connectivity index (χ1n) is 6.09. The minimum atomic E-state index is 0.345. The van der Waals surface area contributed by atoms with Crippen molar-refractivity contribution in [2.75, 3.05) is 13.1 Å². The molecule has 3 heteroatoms. The summed E-state index contributed by atoms with van der Waals surface area (Å²) in [6.45, 7) is 8.92. The number of hydrogen-bond acceptors (Lipinski definition) is 1. The van der Waals surface area contributed by atoms with Crippen molar-refractivity contribution in [2.24, 2.45) is 5.41 Å². The maximum atomic E-state index is 3.61. The molecule has 0 radical (unpaired) electrons. The molecule has 0 heterocycles. The number of nitrogens with one attached hydrogen (secondary N) is 1. The first kappa shape index (κ1) is 15.2. The van der Waals surface area contributed by atoms with Crippen LogP contribution < -0.4 is 5.32 Å². The lowest BCUT2D eigenvalue weighted by Gasteiger charge is -2.25. The Morgan fingerprint density at radius 2 is 1.94 bits per heavy atom. The Kier molecular flexibility index (Phi) is 6.18. The summed E-state index contributed by atoms with van der Waals surface area (Å²) in [5.41, 5.74) is 1.72. The Morgan fingerprint density at radius 3 is 2.59 bits per heavy atom. The molecule has 0 saturated carbocycles. The predicted octanol–water partition coefficient (Wildman–Crippen LogP) is 4.78. The van der Waals surface area contributed by atoms with Crippen LogP contribution in [-0.2, 0) is 6.42 Å². The molecule has 1 nitrogen and oxygen atoms in total. The SMILES string of the molecule is CCNCC(C)(C)CCc1cc(Br)ccc1Br. The third-order valence-corrected chi connectivity index (χ3v) is 4.20. The maximum Gasteiger partial charge on any atom is 0.0208 e. The van der Waals surface area contributed by atoms with Crippen molar-refractivity contribution >= 4 is 31.9 Å². The van der Waals surface area contributed by atoms with Crippen LogP contribution in [0.1, 0.15) is 32.8 Å². The van der Waals surface area contributed by atoms with E-state index in [1.54, 1.807) is 0 Å². The van der Waals surface area contributed by atoms with Gasteiger partial charge in [-0.25, -0.2) is 0 Å². The van der Waals surface area contributed by atoms with Crippen molar-refractivity contribution in [3.8, 4) is 0 Å². The molecule has 0 aliphatic carbocycles. The van der Waals surface area contributed by atoms with E-state index in [1.807, 2.05) is 0 Å². The molecule has 0 aromatic heterocycles. The van der Waals surface area contributed by atoms with Gasteiger partial charge in [0.15, 0.2) is 0 Å². The number of aryl methyl sites for hydroxylation is 1.